The molecule has 25 heavy (non-hydrogen) atoms. The molecule has 0 saturated heterocycles. The summed E-state index contributed by atoms with van der Waals surface area (Å²) in [4.78, 5) is 21.2. The second-order valence-corrected chi connectivity index (χ2v) is 5.52. The summed E-state index contributed by atoms with van der Waals surface area (Å²) in [7, 11) is 0. The fraction of sp³-hybridized carbons (Fsp3) is 0. The smallest absolute Gasteiger partial charge is 0.343 e. The van der Waals surface area contributed by atoms with Gasteiger partial charge in [0.1, 0.15) is 5.75 Å². The summed E-state index contributed by atoms with van der Waals surface area (Å²) in [5.41, 5.74) is 3.85. The Morgan fingerprint density at radius 2 is 1.44 bits per heavy atom. The molecular weight excluding hydrogens is 312 g/mol. The number of fused-ring (bicyclic) bond motifs is 1. The molecule has 1 aromatic heterocycles. The van der Waals surface area contributed by atoms with Crippen LogP contribution < -0.4 is 4.74 Å². The van der Waals surface area contributed by atoms with Crippen LogP contribution in [0.3, 0.4) is 0 Å². The average Bonchev–Trinajstić information content (AvgIpc) is 2.68. The van der Waals surface area contributed by atoms with Gasteiger partial charge in [0.15, 0.2) is 0 Å². The third-order valence-corrected chi connectivity index (χ3v) is 3.82. The number of rotatable bonds is 3. The monoisotopic (exact) mass is 326 g/mol. The molecule has 0 saturated carbocycles. The number of ether oxygens (including phenoxy) is 1. The first-order valence-corrected chi connectivity index (χ1v) is 7.89. The van der Waals surface area contributed by atoms with Crippen LogP contribution in [0.25, 0.3) is 22.3 Å². The van der Waals surface area contributed by atoms with Crippen LogP contribution in [0.2, 0.25) is 0 Å². The predicted octanol–water partition coefficient (Wildman–Crippen LogP) is 4.52. The minimum Gasteiger partial charge on any atom is -0.423 e. The number of esters is 1. The van der Waals surface area contributed by atoms with Gasteiger partial charge in [-0.3, -0.25) is 4.98 Å². The van der Waals surface area contributed by atoms with Crippen molar-refractivity contribution in [1.29, 1.82) is 0 Å². The second kappa shape index (κ2) is 6.53. The first-order chi connectivity index (χ1) is 12.3. The molecule has 4 nitrogen and oxygen atoms in total. The fourth-order valence-corrected chi connectivity index (χ4v) is 2.53. The van der Waals surface area contributed by atoms with Crippen molar-refractivity contribution in [1.82, 2.24) is 9.97 Å². The molecule has 3 aromatic carbocycles. The van der Waals surface area contributed by atoms with Gasteiger partial charge in [0, 0.05) is 5.56 Å². The van der Waals surface area contributed by atoms with Gasteiger partial charge in [-0.15, -0.1) is 0 Å². The largest absolute Gasteiger partial charge is 0.423 e. The Kier molecular flexibility index (Phi) is 3.92. The first kappa shape index (κ1) is 15.0. The van der Waals surface area contributed by atoms with Crippen LogP contribution in [-0.4, -0.2) is 15.9 Å². The Balaban J connectivity index is 1.57. The molecule has 0 amide bonds. The SMILES string of the molecule is O=C(Oc1ccccc1)c1ccc(-c2cnc3ccccc3n2)cc1. The average molecular weight is 326 g/mol. The molecule has 0 unspecified atom stereocenters. The predicted molar refractivity (Wildman–Crippen MR) is 96.4 cm³/mol. The van der Waals surface area contributed by atoms with Gasteiger partial charge >= 0.3 is 5.97 Å². The van der Waals surface area contributed by atoms with Gasteiger partial charge < -0.3 is 4.74 Å². The Morgan fingerprint density at radius 3 is 2.20 bits per heavy atom. The summed E-state index contributed by atoms with van der Waals surface area (Å²) in [5.74, 6) is 0.138. The van der Waals surface area contributed by atoms with Gasteiger partial charge in [-0.2, -0.15) is 0 Å². The highest BCUT2D eigenvalue weighted by Crippen LogP contribution is 2.20. The summed E-state index contributed by atoms with van der Waals surface area (Å²) >= 11 is 0. The Morgan fingerprint density at radius 1 is 0.760 bits per heavy atom. The molecule has 0 aliphatic heterocycles. The maximum absolute atomic E-state index is 12.2. The number of hydrogen-bond donors (Lipinski definition) is 0. The molecule has 0 fully saturated rings. The highest BCUT2D eigenvalue weighted by atomic mass is 16.5. The van der Waals surface area contributed by atoms with Crippen LogP contribution in [0.15, 0.2) is 85.1 Å². The van der Waals surface area contributed by atoms with Crippen molar-refractivity contribution in [3.63, 3.8) is 0 Å². The van der Waals surface area contributed by atoms with Crippen LogP contribution in [-0.2, 0) is 0 Å². The summed E-state index contributed by atoms with van der Waals surface area (Å²) in [6.45, 7) is 0. The first-order valence-electron chi connectivity index (χ1n) is 7.89. The Bertz CT molecular complexity index is 1030. The highest BCUT2D eigenvalue weighted by molar-refractivity contribution is 5.91. The van der Waals surface area contributed by atoms with Gasteiger partial charge in [-0.1, -0.05) is 42.5 Å². The van der Waals surface area contributed by atoms with Crippen molar-refractivity contribution < 1.29 is 9.53 Å². The molecule has 0 radical (unpaired) electrons. The van der Waals surface area contributed by atoms with E-state index in [0.29, 0.717) is 11.3 Å². The van der Waals surface area contributed by atoms with E-state index in [1.807, 2.05) is 54.6 Å². The summed E-state index contributed by atoms with van der Waals surface area (Å²) in [5, 5.41) is 0. The molecule has 0 aliphatic carbocycles. The van der Waals surface area contributed by atoms with Gasteiger partial charge in [0.2, 0.25) is 0 Å². The molecule has 0 N–H and O–H groups in total. The van der Waals surface area contributed by atoms with Crippen LogP contribution in [0.1, 0.15) is 10.4 Å². The van der Waals surface area contributed by atoms with Gasteiger partial charge in [0.25, 0.3) is 0 Å². The van der Waals surface area contributed by atoms with E-state index in [4.69, 9.17) is 4.74 Å². The maximum Gasteiger partial charge on any atom is 0.343 e. The van der Waals surface area contributed by atoms with E-state index in [1.165, 1.54) is 0 Å². The maximum atomic E-state index is 12.2. The molecule has 120 valence electrons. The minimum absolute atomic E-state index is 0.387. The van der Waals surface area contributed by atoms with E-state index >= 15 is 0 Å². The quantitative estimate of drug-likeness (QED) is 0.410. The number of benzene rings is 3. The Hall–Kier alpha value is -3.53. The molecule has 0 aliphatic rings. The van der Waals surface area contributed by atoms with Crippen molar-refractivity contribution in [2.24, 2.45) is 0 Å². The van der Waals surface area contributed by atoms with Crippen LogP contribution >= 0.6 is 0 Å². The number of carbonyl (C=O) groups excluding carboxylic acids is 1. The number of para-hydroxylation sites is 3. The van der Waals surface area contributed by atoms with Gasteiger partial charge in [-0.25, -0.2) is 9.78 Å². The standard InChI is InChI=1S/C21H14N2O2/c24-21(25-17-6-2-1-3-7-17)16-12-10-15(11-13-16)20-14-22-18-8-4-5-9-19(18)23-20/h1-14H. The van der Waals surface area contributed by atoms with Crippen LogP contribution in [0.5, 0.6) is 5.75 Å². The lowest BCUT2D eigenvalue weighted by molar-refractivity contribution is 0.0735. The number of hydrogen-bond acceptors (Lipinski definition) is 4. The zero-order valence-corrected chi connectivity index (χ0v) is 13.3. The molecule has 0 spiro atoms. The lowest BCUT2D eigenvalue weighted by Crippen LogP contribution is -2.08. The van der Waals surface area contributed by atoms with Gasteiger partial charge in [-0.05, 0) is 36.4 Å². The lowest BCUT2D eigenvalue weighted by atomic mass is 10.1. The third-order valence-electron chi connectivity index (χ3n) is 3.82. The molecule has 1 heterocycles. The van der Waals surface area contributed by atoms with E-state index < -0.39 is 0 Å². The van der Waals surface area contributed by atoms with E-state index in [-0.39, 0.29) is 5.97 Å². The van der Waals surface area contributed by atoms with Crippen molar-refractivity contribution in [3.05, 3.63) is 90.6 Å². The van der Waals surface area contributed by atoms with Crippen LogP contribution in [0, 0.1) is 0 Å². The number of nitrogens with zero attached hydrogens (tertiary/aromatic N) is 2. The van der Waals surface area contributed by atoms with Crippen molar-refractivity contribution in [2.45, 2.75) is 0 Å². The number of carbonyl (C=O) groups is 1. The van der Waals surface area contributed by atoms with Crippen molar-refractivity contribution in [3.8, 4) is 17.0 Å². The molecule has 4 aromatic rings. The fourth-order valence-electron chi connectivity index (χ4n) is 2.53. The summed E-state index contributed by atoms with van der Waals surface area (Å²) < 4.78 is 5.34. The zero-order chi connectivity index (χ0) is 17.1. The van der Waals surface area contributed by atoms with Crippen LogP contribution in [0.4, 0.5) is 0 Å². The van der Waals surface area contributed by atoms with E-state index in [0.717, 1.165) is 22.3 Å². The molecule has 4 rings (SSSR count). The van der Waals surface area contributed by atoms with E-state index in [9.17, 15) is 4.79 Å². The molecular formula is C21H14N2O2. The normalized spacial score (nSPS) is 10.6. The van der Waals surface area contributed by atoms with Crippen molar-refractivity contribution >= 4 is 17.0 Å². The van der Waals surface area contributed by atoms with Gasteiger partial charge in [0.05, 0.1) is 28.5 Å². The van der Waals surface area contributed by atoms with E-state index in [1.54, 1.807) is 30.5 Å². The third kappa shape index (κ3) is 3.23. The zero-order valence-electron chi connectivity index (χ0n) is 13.3. The summed E-state index contributed by atoms with van der Waals surface area (Å²) in [6, 6.07) is 23.9. The Labute approximate surface area is 144 Å². The second-order valence-electron chi connectivity index (χ2n) is 5.52. The minimum atomic E-state index is -0.387. The highest BCUT2D eigenvalue weighted by Gasteiger charge is 2.09. The number of aromatic nitrogens is 2. The lowest BCUT2D eigenvalue weighted by Gasteiger charge is -2.06. The topological polar surface area (TPSA) is 52.1 Å². The van der Waals surface area contributed by atoms with Crippen molar-refractivity contribution in [2.75, 3.05) is 0 Å². The molecule has 0 bridgehead atoms. The molecule has 4 heteroatoms. The summed E-state index contributed by atoms with van der Waals surface area (Å²) in [6.07, 6.45) is 1.74. The molecule has 0 atom stereocenters. The van der Waals surface area contributed by atoms with E-state index in [2.05, 4.69) is 9.97 Å².